The molecule has 24 heavy (non-hydrogen) atoms. The van der Waals surface area contributed by atoms with Crippen LogP contribution < -0.4 is 0 Å². The van der Waals surface area contributed by atoms with Crippen molar-refractivity contribution in [2.75, 3.05) is 13.2 Å². The summed E-state index contributed by atoms with van der Waals surface area (Å²) in [6.45, 7) is -0.142. The zero-order valence-electron chi connectivity index (χ0n) is 13.0. The van der Waals surface area contributed by atoms with Crippen molar-refractivity contribution in [1.82, 2.24) is 0 Å². The molecule has 1 aromatic carbocycles. The van der Waals surface area contributed by atoms with E-state index < -0.39 is 18.2 Å². The fraction of sp³-hybridized carbons (Fsp3) is 0.353. The Kier molecular flexibility index (Phi) is 6.22. The Morgan fingerprint density at radius 2 is 2.08 bits per heavy atom. The van der Waals surface area contributed by atoms with Crippen LogP contribution in [0.4, 0.5) is 0 Å². The van der Waals surface area contributed by atoms with E-state index in [-0.39, 0.29) is 31.1 Å². The number of carbonyl (C=O) groups excluding carboxylic acids is 1. The standard InChI is InChI=1S/C17H20O7/c18-6-3-13-12(5-8-24-17(13)22)10-16(21)23-7-4-11-1-2-14(19)15(20)9-11/h1-3,5,8-9,12,17-20,22H,4,6-7,10H2/b13-3-/t12-,17-/m0/s1. The van der Waals surface area contributed by atoms with Gasteiger partial charge < -0.3 is 29.9 Å². The van der Waals surface area contributed by atoms with Gasteiger partial charge in [0.25, 0.3) is 0 Å². The minimum atomic E-state index is -1.18. The van der Waals surface area contributed by atoms with Gasteiger partial charge in [-0.25, -0.2) is 0 Å². The molecule has 0 saturated carbocycles. The molecule has 1 heterocycles. The monoisotopic (exact) mass is 336 g/mol. The van der Waals surface area contributed by atoms with Crippen molar-refractivity contribution >= 4 is 5.97 Å². The van der Waals surface area contributed by atoms with Crippen LogP contribution in [0.5, 0.6) is 11.5 Å². The number of rotatable bonds is 6. The van der Waals surface area contributed by atoms with Crippen LogP contribution in [0.25, 0.3) is 0 Å². The molecular formula is C17H20O7. The third kappa shape index (κ3) is 4.74. The van der Waals surface area contributed by atoms with E-state index in [0.717, 1.165) is 5.56 Å². The number of hydrogen-bond acceptors (Lipinski definition) is 7. The van der Waals surface area contributed by atoms with Gasteiger partial charge in [0.15, 0.2) is 11.5 Å². The van der Waals surface area contributed by atoms with Crippen LogP contribution in [-0.2, 0) is 20.7 Å². The van der Waals surface area contributed by atoms with Gasteiger partial charge in [0.2, 0.25) is 6.29 Å². The lowest BCUT2D eigenvalue weighted by Crippen LogP contribution is -2.25. The smallest absolute Gasteiger partial charge is 0.306 e. The number of aliphatic hydroxyl groups is 2. The average Bonchev–Trinajstić information content (AvgIpc) is 2.54. The molecule has 0 unspecified atom stereocenters. The Labute approximate surface area is 139 Å². The predicted molar refractivity (Wildman–Crippen MR) is 83.9 cm³/mol. The number of allylic oxidation sites excluding steroid dienone is 1. The van der Waals surface area contributed by atoms with Crippen LogP contribution in [0.2, 0.25) is 0 Å². The molecule has 0 spiro atoms. The highest BCUT2D eigenvalue weighted by Crippen LogP contribution is 2.27. The summed E-state index contributed by atoms with van der Waals surface area (Å²) in [5, 5.41) is 37.3. The minimum Gasteiger partial charge on any atom is -0.504 e. The second-order valence-electron chi connectivity index (χ2n) is 5.31. The fourth-order valence-electron chi connectivity index (χ4n) is 2.38. The normalized spacial score (nSPS) is 21.5. The Morgan fingerprint density at radius 1 is 1.29 bits per heavy atom. The molecular weight excluding hydrogens is 316 g/mol. The lowest BCUT2D eigenvalue weighted by molar-refractivity contribution is -0.144. The lowest BCUT2D eigenvalue weighted by Gasteiger charge is -2.24. The van der Waals surface area contributed by atoms with Gasteiger partial charge in [0.1, 0.15) is 0 Å². The molecule has 0 bridgehead atoms. The average molecular weight is 336 g/mol. The maximum atomic E-state index is 11.9. The predicted octanol–water partition coefficient (Wildman–Crippen LogP) is 0.971. The number of phenols is 2. The topological polar surface area (TPSA) is 116 Å². The molecule has 7 heteroatoms. The van der Waals surface area contributed by atoms with Crippen molar-refractivity contribution < 1.29 is 34.7 Å². The van der Waals surface area contributed by atoms with Gasteiger partial charge in [0.05, 0.1) is 25.9 Å². The van der Waals surface area contributed by atoms with Gasteiger partial charge in [-0.15, -0.1) is 0 Å². The maximum Gasteiger partial charge on any atom is 0.306 e. The van der Waals surface area contributed by atoms with Gasteiger partial charge in [-0.05, 0) is 23.8 Å². The van der Waals surface area contributed by atoms with Crippen LogP contribution in [-0.4, -0.2) is 45.9 Å². The van der Waals surface area contributed by atoms with Gasteiger partial charge in [-0.2, -0.15) is 0 Å². The van der Waals surface area contributed by atoms with Crippen LogP contribution in [0.3, 0.4) is 0 Å². The van der Waals surface area contributed by atoms with Crippen molar-refractivity contribution in [3.8, 4) is 11.5 Å². The summed E-state index contributed by atoms with van der Waals surface area (Å²) < 4.78 is 10.1. The Bertz CT molecular complexity index is 636. The summed E-state index contributed by atoms with van der Waals surface area (Å²) >= 11 is 0. The van der Waals surface area contributed by atoms with Gasteiger partial charge in [0, 0.05) is 17.9 Å². The van der Waals surface area contributed by atoms with E-state index in [0.29, 0.717) is 12.0 Å². The number of aliphatic hydroxyl groups excluding tert-OH is 2. The van der Waals surface area contributed by atoms with Crippen molar-refractivity contribution in [1.29, 1.82) is 0 Å². The minimum absolute atomic E-state index is 0.0174. The molecule has 0 aliphatic carbocycles. The molecule has 1 aliphatic rings. The molecule has 0 aromatic heterocycles. The molecule has 130 valence electrons. The Hall–Kier alpha value is -2.51. The largest absolute Gasteiger partial charge is 0.504 e. The summed E-state index contributed by atoms with van der Waals surface area (Å²) in [5.74, 6) is -1.28. The van der Waals surface area contributed by atoms with E-state index in [9.17, 15) is 20.1 Å². The van der Waals surface area contributed by atoms with Gasteiger partial charge in [-0.3, -0.25) is 4.79 Å². The van der Waals surface area contributed by atoms with E-state index in [4.69, 9.17) is 14.6 Å². The molecule has 7 nitrogen and oxygen atoms in total. The molecule has 2 rings (SSSR count). The fourth-order valence-corrected chi connectivity index (χ4v) is 2.38. The van der Waals surface area contributed by atoms with E-state index in [1.54, 1.807) is 12.1 Å². The van der Waals surface area contributed by atoms with Crippen LogP contribution >= 0.6 is 0 Å². The summed E-state index contributed by atoms with van der Waals surface area (Å²) in [5.41, 5.74) is 1.14. The van der Waals surface area contributed by atoms with Crippen LogP contribution in [0.1, 0.15) is 12.0 Å². The van der Waals surface area contributed by atoms with Crippen molar-refractivity contribution in [2.24, 2.45) is 5.92 Å². The van der Waals surface area contributed by atoms with Gasteiger partial charge in [-0.1, -0.05) is 12.1 Å². The van der Waals surface area contributed by atoms with Crippen molar-refractivity contribution in [3.05, 3.63) is 47.7 Å². The zero-order valence-corrected chi connectivity index (χ0v) is 13.0. The number of hydrogen-bond donors (Lipinski definition) is 4. The first-order valence-electron chi connectivity index (χ1n) is 7.48. The summed E-state index contributed by atoms with van der Waals surface area (Å²) in [7, 11) is 0. The first kappa shape index (κ1) is 17.8. The summed E-state index contributed by atoms with van der Waals surface area (Å²) in [4.78, 5) is 11.9. The highest BCUT2D eigenvalue weighted by molar-refractivity contribution is 5.70. The molecule has 0 radical (unpaired) electrons. The van der Waals surface area contributed by atoms with E-state index >= 15 is 0 Å². The Morgan fingerprint density at radius 3 is 2.79 bits per heavy atom. The third-order valence-corrected chi connectivity index (χ3v) is 3.64. The number of aromatic hydroxyl groups is 2. The highest BCUT2D eigenvalue weighted by atomic mass is 16.6. The van der Waals surface area contributed by atoms with Gasteiger partial charge >= 0.3 is 5.97 Å². The quantitative estimate of drug-likeness (QED) is 0.347. The SMILES string of the molecule is O=C(C[C@@H]1C=CO[C@H](O)/C1=C\CO)OCCc1ccc(O)c(O)c1. The van der Waals surface area contributed by atoms with Crippen molar-refractivity contribution in [2.45, 2.75) is 19.1 Å². The highest BCUT2D eigenvalue weighted by Gasteiger charge is 2.26. The lowest BCUT2D eigenvalue weighted by atomic mass is 9.93. The van der Waals surface area contributed by atoms with Crippen molar-refractivity contribution in [3.63, 3.8) is 0 Å². The summed E-state index contributed by atoms with van der Waals surface area (Å²) in [6.07, 6.45) is 3.57. The van der Waals surface area contributed by atoms with E-state index in [1.165, 1.54) is 24.5 Å². The van der Waals surface area contributed by atoms with Crippen LogP contribution in [0, 0.1) is 5.92 Å². The number of carbonyl (C=O) groups is 1. The second-order valence-corrected chi connectivity index (χ2v) is 5.31. The summed E-state index contributed by atoms with van der Waals surface area (Å²) in [6, 6.07) is 4.40. The third-order valence-electron chi connectivity index (χ3n) is 3.64. The molecule has 0 amide bonds. The number of phenolic OH excluding ortho intramolecular Hbond substituents is 2. The maximum absolute atomic E-state index is 11.9. The first-order chi connectivity index (χ1) is 11.5. The second kappa shape index (κ2) is 8.37. The molecule has 1 aromatic rings. The molecule has 4 N–H and O–H groups in total. The number of benzene rings is 1. The zero-order chi connectivity index (χ0) is 17.5. The molecule has 2 atom stereocenters. The number of ether oxygens (including phenoxy) is 2. The van der Waals surface area contributed by atoms with Crippen LogP contribution in [0.15, 0.2) is 42.2 Å². The number of esters is 1. The van der Waals surface area contributed by atoms with E-state index in [1.807, 2.05) is 0 Å². The Balaban J connectivity index is 1.84. The molecule has 0 saturated heterocycles. The van der Waals surface area contributed by atoms with E-state index in [2.05, 4.69) is 0 Å². The molecule has 0 fully saturated rings. The first-order valence-corrected chi connectivity index (χ1v) is 7.48. The molecule has 1 aliphatic heterocycles.